The zero-order chi connectivity index (χ0) is 15.4. The van der Waals surface area contributed by atoms with Gasteiger partial charge in [0.15, 0.2) is 5.84 Å². The van der Waals surface area contributed by atoms with Crippen LogP contribution in [0.1, 0.15) is 25.0 Å². The maximum atomic E-state index is 13.6. The first-order chi connectivity index (χ1) is 9.99. The molecule has 6 heteroatoms. The number of nitrogens with zero attached hydrogens (tertiary/aromatic N) is 3. The highest BCUT2D eigenvalue weighted by Crippen LogP contribution is 2.14. The van der Waals surface area contributed by atoms with Gasteiger partial charge < -0.3 is 10.9 Å². The number of hydrogen-bond donors (Lipinski definition) is 2. The Bertz CT molecular complexity index is 510. The first kappa shape index (κ1) is 15.7. The molecule has 2 rings (SSSR count). The van der Waals surface area contributed by atoms with Crippen LogP contribution < -0.4 is 5.73 Å². The number of hydrogen-bond acceptors (Lipinski definition) is 4. The molecule has 0 saturated carbocycles. The Balaban J connectivity index is 2.02. The predicted molar refractivity (Wildman–Crippen MR) is 80.9 cm³/mol. The molecule has 0 aliphatic carbocycles. The van der Waals surface area contributed by atoms with Gasteiger partial charge in [0.25, 0.3) is 0 Å². The Morgan fingerprint density at radius 1 is 1.29 bits per heavy atom. The van der Waals surface area contributed by atoms with Gasteiger partial charge in [0.2, 0.25) is 0 Å². The van der Waals surface area contributed by atoms with E-state index in [1.807, 2.05) is 0 Å². The summed E-state index contributed by atoms with van der Waals surface area (Å²) in [5, 5.41) is 11.6. The molecule has 0 spiro atoms. The number of nitrogens with two attached hydrogens (primary N) is 1. The van der Waals surface area contributed by atoms with Gasteiger partial charge in [0, 0.05) is 44.3 Å². The molecule has 0 aromatic heterocycles. The van der Waals surface area contributed by atoms with E-state index >= 15 is 0 Å². The van der Waals surface area contributed by atoms with Crippen molar-refractivity contribution in [2.45, 2.75) is 26.4 Å². The van der Waals surface area contributed by atoms with E-state index < -0.39 is 0 Å². The van der Waals surface area contributed by atoms with E-state index in [9.17, 15) is 4.39 Å². The molecule has 1 aromatic carbocycles. The summed E-state index contributed by atoms with van der Waals surface area (Å²) in [6, 6.07) is 5.11. The van der Waals surface area contributed by atoms with Crippen LogP contribution in [0.25, 0.3) is 0 Å². The van der Waals surface area contributed by atoms with Gasteiger partial charge in [-0.2, -0.15) is 0 Å². The molecule has 116 valence electrons. The van der Waals surface area contributed by atoms with Crippen molar-refractivity contribution in [3.05, 3.63) is 35.1 Å². The molecule has 0 radical (unpaired) electrons. The smallest absolute Gasteiger partial charge is 0.170 e. The molecule has 0 unspecified atom stereocenters. The van der Waals surface area contributed by atoms with Gasteiger partial charge in [-0.15, -0.1) is 0 Å². The van der Waals surface area contributed by atoms with Gasteiger partial charge in [0.1, 0.15) is 5.82 Å². The molecule has 3 N–H and O–H groups in total. The number of benzene rings is 1. The van der Waals surface area contributed by atoms with Crippen LogP contribution in [-0.4, -0.2) is 53.1 Å². The van der Waals surface area contributed by atoms with Gasteiger partial charge in [-0.1, -0.05) is 5.16 Å². The number of piperazine rings is 1. The lowest BCUT2D eigenvalue weighted by Crippen LogP contribution is -2.48. The maximum Gasteiger partial charge on any atom is 0.170 e. The molecule has 21 heavy (non-hydrogen) atoms. The average Bonchev–Trinajstić information content (AvgIpc) is 2.46. The lowest BCUT2D eigenvalue weighted by molar-refractivity contribution is 0.104. The summed E-state index contributed by atoms with van der Waals surface area (Å²) in [6.45, 7) is 9.06. The predicted octanol–water partition coefficient (Wildman–Crippen LogP) is 1.45. The molecule has 5 nitrogen and oxygen atoms in total. The fourth-order valence-corrected chi connectivity index (χ4v) is 2.64. The first-order valence-corrected chi connectivity index (χ1v) is 7.23. The summed E-state index contributed by atoms with van der Waals surface area (Å²) in [7, 11) is 0. The van der Waals surface area contributed by atoms with Crippen LogP contribution in [0, 0.1) is 5.82 Å². The van der Waals surface area contributed by atoms with E-state index in [4.69, 9.17) is 10.9 Å². The van der Waals surface area contributed by atoms with Crippen LogP contribution in [0.15, 0.2) is 23.4 Å². The average molecular weight is 294 g/mol. The highest BCUT2D eigenvalue weighted by atomic mass is 19.1. The summed E-state index contributed by atoms with van der Waals surface area (Å²) < 4.78 is 13.6. The molecule has 1 saturated heterocycles. The first-order valence-electron chi connectivity index (χ1n) is 7.23. The van der Waals surface area contributed by atoms with Crippen molar-refractivity contribution in [1.82, 2.24) is 9.80 Å². The number of amidine groups is 1. The summed E-state index contributed by atoms with van der Waals surface area (Å²) in [5.41, 5.74) is 6.78. The largest absolute Gasteiger partial charge is 0.409 e. The topological polar surface area (TPSA) is 65.1 Å². The molecule has 1 aliphatic heterocycles. The summed E-state index contributed by atoms with van der Waals surface area (Å²) in [6.07, 6.45) is 0. The SMILES string of the molecule is CC(C)N1CCN(Cc2cc(F)cc(/C(N)=N/O)c2)CC1. The van der Waals surface area contributed by atoms with Crippen LogP contribution in [0.2, 0.25) is 0 Å². The monoisotopic (exact) mass is 294 g/mol. The quantitative estimate of drug-likeness (QED) is 0.382. The molecule has 0 bridgehead atoms. The number of oxime groups is 1. The van der Waals surface area contributed by atoms with Crippen molar-refractivity contribution in [3.63, 3.8) is 0 Å². The van der Waals surface area contributed by atoms with Crippen molar-refractivity contribution in [2.75, 3.05) is 26.2 Å². The zero-order valence-corrected chi connectivity index (χ0v) is 12.6. The minimum Gasteiger partial charge on any atom is -0.409 e. The lowest BCUT2D eigenvalue weighted by Gasteiger charge is -2.37. The van der Waals surface area contributed by atoms with Crippen molar-refractivity contribution < 1.29 is 9.60 Å². The van der Waals surface area contributed by atoms with Crippen LogP contribution >= 0.6 is 0 Å². The third-order valence-electron chi connectivity index (χ3n) is 3.90. The second-order valence-corrected chi connectivity index (χ2v) is 5.74. The van der Waals surface area contributed by atoms with Crippen LogP contribution in [0.4, 0.5) is 4.39 Å². The fraction of sp³-hybridized carbons (Fsp3) is 0.533. The highest BCUT2D eigenvalue weighted by molar-refractivity contribution is 5.97. The van der Waals surface area contributed by atoms with Gasteiger partial charge >= 0.3 is 0 Å². The molecule has 0 atom stereocenters. The van der Waals surface area contributed by atoms with Crippen molar-refractivity contribution in [1.29, 1.82) is 0 Å². The van der Waals surface area contributed by atoms with E-state index in [1.165, 1.54) is 12.1 Å². The van der Waals surface area contributed by atoms with Gasteiger partial charge in [-0.25, -0.2) is 4.39 Å². The third-order valence-corrected chi connectivity index (χ3v) is 3.90. The van der Waals surface area contributed by atoms with E-state index in [-0.39, 0.29) is 11.7 Å². The molecule has 0 amide bonds. The third kappa shape index (κ3) is 4.15. The van der Waals surface area contributed by atoms with Crippen molar-refractivity contribution >= 4 is 5.84 Å². The molecule has 1 heterocycles. The molecule has 1 aliphatic rings. The fourth-order valence-electron chi connectivity index (χ4n) is 2.64. The second kappa shape index (κ2) is 6.87. The standard InChI is InChI=1S/C15H23FN4O/c1-11(2)20-5-3-19(4-6-20)10-12-7-13(15(17)18-21)9-14(16)8-12/h7-9,11,21H,3-6,10H2,1-2H3,(H2,17,18). The van der Waals surface area contributed by atoms with Crippen LogP contribution in [-0.2, 0) is 6.54 Å². The van der Waals surface area contributed by atoms with E-state index in [0.29, 0.717) is 18.2 Å². The second-order valence-electron chi connectivity index (χ2n) is 5.74. The summed E-state index contributed by atoms with van der Waals surface area (Å²) in [4.78, 5) is 4.73. The molecule has 1 aromatic rings. The summed E-state index contributed by atoms with van der Waals surface area (Å²) in [5.74, 6) is -0.435. The van der Waals surface area contributed by atoms with E-state index in [0.717, 1.165) is 31.7 Å². The minimum atomic E-state index is -0.366. The summed E-state index contributed by atoms with van der Waals surface area (Å²) >= 11 is 0. The minimum absolute atomic E-state index is 0.0691. The Morgan fingerprint density at radius 2 is 1.95 bits per heavy atom. The Hall–Kier alpha value is -1.66. The van der Waals surface area contributed by atoms with Gasteiger partial charge in [0.05, 0.1) is 0 Å². The molecule has 1 fully saturated rings. The maximum absolute atomic E-state index is 13.6. The van der Waals surface area contributed by atoms with E-state index in [2.05, 4.69) is 28.8 Å². The Morgan fingerprint density at radius 3 is 2.52 bits per heavy atom. The number of halogens is 1. The highest BCUT2D eigenvalue weighted by Gasteiger charge is 2.19. The zero-order valence-electron chi connectivity index (χ0n) is 12.6. The van der Waals surface area contributed by atoms with Crippen molar-refractivity contribution in [2.24, 2.45) is 10.9 Å². The van der Waals surface area contributed by atoms with Gasteiger partial charge in [-0.05, 0) is 37.6 Å². The van der Waals surface area contributed by atoms with E-state index in [1.54, 1.807) is 6.07 Å². The molecular weight excluding hydrogens is 271 g/mol. The van der Waals surface area contributed by atoms with Gasteiger partial charge in [-0.3, -0.25) is 9.80 Å². The Labute approximate surface area is 124 Å². The van der Waals surface area contributed by atoms with Crippen molar-refractivity contribution in [3.8, 4) is 0 Å². The lowest BCUT2D eigenvalue weighted by atomic mass is 10.1. The normalized spacial score (nSPS) is 18.4. The molecular formula is C15H23FN4O. The Kier molecular flexibility index (Phi) is 5.14. The number of rotatable bonds is 4. The van der Waals surface area contributed by atoms with Crippen LogP contribution in [0.5, 0.6) is 0 Å². The van der Waals surface area contributed by atoms with Crippen LogP contribution in [0.3, 0.4) is 0 Å².